The van der Waals surface area contributed by atoms with E-state index in [9.17, 15) is 0 Å². The Kier molecular flexibility index (Phi) is 0.558. The van der Waals surface area contributed by atoms with Gasteiger partial charge in [0.25, 0.3) is 0 Å². The van der Waals surface area contributed by atoms with E-state index >= 15 is 0 Å². The molecule has 6 fully saturated rings. The fourth-order valence-corrected chi connectivity index (χ4v) is 7.78. The zero-order chi connectivity index (χ0) is 7.95. The third kappa shape index (κ3) is 0.333. The maximum atomic E-state index is 1.68. The second-order valence-corrected chi connectivity index (χ2v) is 7.09. The Morgan fingerprint density at radius 3 is 1.15 bits per heavy atom. The van der Waals surface area contributed by atoms with Crippen LogP contribution in [0.4, 0.5) is 0 Å². The van der Waals surface area contributed by atoms with E-state index in [1.165, 1.54) is 47.3 Å². The van der Waals surface area contributed by atoms with Crippen molar-refractivity contribution in [2.24, 2.45) is 52.8 Å². The first-order valence-corrected chi connectivity index (χ1v) is 6.42. The van der Waals surface area contributed by atoms with Crippen LogP contribution in [-0.2, 0) is 0 Å². The molecule has 4 atom stereocenters. The summed E-state index contributed by atoms with van der Waals surface area (Å²) in [6, 6.07) is 0. The van der Waals surface area contributed by atoms with Crippen LogP contribution in [0.5, 0.6) is 0 Å². The predicted molar refractivity (Wildman–Crippen MR) is 48.8 cm³/mol. The fraction of sp³-hybridized carbons (Fsp3) is 1.00. The number of hydrogen-bond donors (Lipinski definition) is 0. The van der Waals surface area contributed by atoms with E-state index in [2.05, 4.69) is 0 Å². The van der Waals surface area contributed by atoms with Gasteiger partial charge in [-0.05, 0) is 78.4 Å². The third-order valence-electron chi connectivity index (χ3n) is 7.32. The third-order valence-corrected chi connectivity index (χ3v) is 7.32. The first-order chi connectivity index (χ1) is 6.42. The summed E-state index contributed by atoms with van der Waals surface area (Å²) in [6.45, 7) is 0. The second kappa shape index (κ2) is 1.26. The Morgan fingerprint density at radius 1 is 0.538 bits per heavy atom. The average molecular weight is 172 g/mol. The molecule has 6 aliphatic rings. The van der Waals surface area contributed by atoms with Crippen LogP contribution >= 0.6 is 0 Å². The zero-order valence-corrected chi connectivity index (χ0v) is 7.95. The summed E-state index contributed by atoms with van der Waals surface area (Å²) in [6.07, 6.45) is 6.70. The summed E-state index contributed by atoms with van der Waals surface area (Å²) in [7, 11) is 0. The summed E-state index contributed by atoms with van der Waals surface area (Å²) < 4.78 is 0. The summed E-state index contributed by atoms with van der Waals surface area (Å²) in [5.41, 5.74) is 1.07. The van der Waals surface area contributed by atoms with Crippen molar-refractivity contribution in [3.63, 3.8) is 0 Å². The Balaban J connectivity index is 1.72. The molecule has 0 N–H and O–H groups in total. The van der Waals surface area contributed by atoms with Crippen molar-refractivity contribution >= 4 is 0 Å². The van der Waals surface area contributed by atoms with E-state index in [0.717, 1.165) is 5.41 Å². The van der Waals surface area contributed by atoms with Crippen molar-refractivity contribution in [1.82, 2.24) is 0 Å². The molecule has 0 aromatic heterocycles. The smallest absolute Gasteiger partial charge is 0.0162 e. The van der Waals surface area contributed by atoms with E-state index in [1.807, 2.05) is 0 Å². The molecular weight excluding hydrogens is 156 g/mol. The van der Waals surface area contributed by atoms with Crippen LogP contribution in [0.15, 0.2) is 0 Å². The monoisotopic (exact) mass is 172 g/mol. The van der Waals surface area contributed by atoms with Crippen LogP contribution in [0, 0.1) is 52.8 Å². The minimum Gasteiger partial charge on any atom is -0.0470 e. The van der Waals surface area contributed by atoms with E-state index in [1.54, 1.807) is 25.7 Å². The lowest BCUT2D eigenvalue weighted by molar-refractivity contribution is 0.123. The summed E-state index contributed by atoms with van der Waals surface area (Å²) in [5.74, 6) is 10.2. The van der Waals surface area contributed by atoms with Gasteiger partial charge in [0.1, 0.15) is 0 Å². The van der Waals surface area contributed by atoms with Gasteiger partial charge in [0.2, 0.25) is 0 Å². The van der Waals surface area contributed by atoms with Gasteiger partial charge in [-0.1, -0.05) is 0 Å². The minimum absolute atomic E-state index is 1.07. The summed E-state index contributed by atoms with van der Waals surface area (Å²) in [5, 5.41) is 0. The van der Waals surface area contributed by atoms with Gasteiger partial charge in [0.05, 0.1) is 0 Å². The maximum absolute atomic E-state index is 1.68. The normalized spacial score (nSPS) is 88.6. The highest BCUT2D eigenvalue weighted by atomic mass is 15.0. The number of rotatable bonds is 0. The molecular formula is C13H16. The fourth-order valence-electron chi connectivity index (χ4n) is 7.78. The second-order valence-electron chi connectivity index (χ2n) is 7.09. The topological polar surface area (TPSA) is 0 Å². The summed E-state index contributed by atoms with van der Waals surface area (Å²) in [4.78, 5) is 0. The van der Waals surface area contributed by atoms with Crippen LogP contribution in [0.1, 0.15) is 25.7 Å². The highest BCUT2D eigenvalue weighted by Crippen LogP contribution is 2.99. The van der Waals surface area contributed by atoms with Crippen LogP contribution < -0.4 is 0 Å². The van der Waals surface area contributed by atoms with Gasteiger partial charge in [-0.15, -0.1) is 0 Å². The quantitative estimate of drug-likeness (QED) is 0.527. The van der Waals surface area contributed by atoms with Gasteiger partial charge in [0, 0.05) is 0 Å². The molecule has 68 valence electrons. The first-order valence-electron chi connectivity index (χ1n) is 6.42. The molecule has 0 radical (unpaired) electrons. The van der Waals surface area contributed by atoms with Gasteiger partial charge in [-0.25, -0.2) is 0 Å². The molecule has 0 amide bonds. The highest BCUT2D eigenvalue weighted by molar-refractivity contribution is 5.41. The lowest BCUT2D eigenvalue weighted by atomic mass is 9.68. The van der Waals surface area contributed by atoms with Crippen LogP contribution in [0.3, 0.4) is 0 Å². The molecule has 0 heterocycles. The molecule has 0 heteroatoms. The molecule has 0 aliphatic heterocycles. The Morgan fingerprint density at radius 2 is 0.846 bits per heavy atom. The zero-order valence-electron chi connectivity index (χ0n) is 7.95. The molecule has 13 heavy (non-hydrogen) atoms. The Hall–Kier alpha value is 0. The van der Waals surface area contributed by atoms with Crippen molar-refractivity contribution in [3.8, 4) is 0 Å². The lowest BCUT2D eigenvalue weighted by Crippen LogP contribution is -2.29. The molecule has 0 saturated heterocycles. The first kappa shape index (κ1) is 5.78. The lowest BCUT2D eigenvalue weighted by Gasteiger charge is -2.37. The minimum atomic E-state index is 1.07. The maximum Gasteiger partial charge on any atom is -0.0162 e. The van der Waals surface area contributed by atoms with Crippen LogP contribution in [-0.4, -0.2) is 0 Å². The van der Waals surface area contributed by atoms with E-state index in [0.29, 0.717) is 0 Å². The largest absolute Gasteiger partial charge is 0.0470 e. The van der Waals surface area contributed by atoms with Crippen molar-refractivity contribution in [2.75, 3.05) is 0 Å². The van der Waals surface area contributed by atoms with Crippen molar-refractivity contribution < 1.29 is 0 Å². The van der Waals surface area contributed by atoms with Crippen LogP contribution in [0.25, 0.3) is 0 Å². The van der Waals surface area contributed by atoms with E-state index < -0.39 is 0 Å². The highest BCUT2D eigenvalue weighted by Gasteiger charge is 2.94. The van der Waals surface area contributed by atoms with Gasteiger partial charge in [-0.2, -0.15) is 0 Å². The van der Waals surface area contributed by atoms with Crippen LogP contribution in [0.2, 0.25) is 0 Å². The molecule has 0 aromatic carbocycles. The van der Waals surface area contributed by atoms with Gasteiger partial charge in [0.15, 0.2) is 0 Å². The molecule has 6 saturated carbocycles. The molecule has 0 aromatic rings. The van der Waals surface area contributed by atoms with E-state index in [4.69, 9.17) is 0 Å². The molecule has 0 bridgehead atoms. The van der Waals surface area contributed by atoms with Crippen molar-refractivity contribution in [2.45, 2.75) is 25.7 Å². The number of hydrogen-bond acceptors (Lipinski definition) is 0. The van der Waals surface area contributed by atoms with Crippen molar-refractivity contribution in [1.29, 1.82) is 0 Å². The van der Waals surface area contributed by atoms with Crippen molar-refractivity contribution in [3.05, 3.63) is 0 Å². The van der Waals surface area contributed by atoms with Gasteiger partial charge >= 0.3 is 0 Å². The molecule has 0 nitrogen and oxygen atoms in total. The molecule has 1 spiro atoms. The Labute approximate surface area is 79.1 Å². The molecule has 6 rings (SSSR count). The van der Waals surface area contributed by atoms with Gasteiger partial charge in [-0.3, -0.25) is 0 Å². The molecule has 6 aliphatic carbocycles. The average Bonchev–Trinajstić information content (AvgIpc) is 2.80. The Bertz CT molecular complexity index is 278. The predicted octanol–water partition coefficient (Wildman–Crippen LogP) is 2.54. The van der Waals surface area contributed by atoms with E-state index in [-0.39, 0.29) is 0 Å². The summed E-state index contributed by atoms with van der Waals surface area (Å²) >= 11 is 0. The SMILES string of the molecule is C1C2CC3CC4CC1C1C2C12C3C42. The standard InChI is InChI=1S/C13H16/c1-5-3-7-2-8-4-6(1)10-9(5)13(10)11(7)12(8)13/h5-12H,1-4H2. The molecule has 4 unspecified atom stereocenters. The van der Waals surface area contributed by atoms with Gasteiger partial charge < -0.3 is 0 Å².